The molecule has 1 aliphatic rings. The highest BCUT2D eigenvalue weighted by molar-refractivity contribution is 8.00. The Labute approximate surface area is 180 Å². The van der Waals surface area contributed by atoms with Gasteiger partial charge in [0.2, 0.25) is 11.7 Å². The molecule has 0 bridgehead atoms. The van der Waals surface area contributed by atoms with E-state index >= 15 is 0 Å². The second-order valence-electron chi connectivity index (χ2n) is 6.70. The lowest BCUT2D eigenvalue weighted by Gasteiger charge is -2.15. The molecule has 1 aromatic heterocycles. The van der Waals surface area contributed by atoms with Gasteiger partial charge in [0.25, 0.3) is 5.89 Å². The molecule has 1 aliphatic heterocycles. The van der Waals surface area contributed by atoms with Crippen molar-refractivity contribution in [2.24, 2.45) is 5.73 Å². The predicted octanol–water partition coefficient (Wildman–Crippen LogP) is 4.00. The summed E-state index contributed by atoms with van der Waals surface area (Å²) in [4.78, 5) is 19.8. The van der Waals surface area contributed by atoms with E-state index in [4.69, 9.17) is 10.3 Å². The smallest absolute Gasteiger partial charge is 0.259 e. The molecule has 3 aromatic rings. The van der Waals surface area contributed by atoms with Gasteiger partial charge in [-0.1, -0.05) is 41.6 Å². The van der Waals surface area contributed by atoms with Crippen molar-refractivity contribution in [1.82, 2.24) is 15.0 Å². The number of carbonyl (C=O) groups is 1. The minimum Gasteiger partial charge on any atom is -0.342 e. The first-order valence-corrected chi connectivity index (χ1v) is 10.4. The second-order valence-corrected chi connectivity index (χ2v) is 7.71. The van der Waals surface area contributed by atoms with E-state index in [0.717, 1.165) is 47.5 Å². The Balaban J connectivity index is 0.00000240. The van der Waals surface area contributed by atoms with Gasteiger partial charge in [-0.15, -0.1) is 24.2 Å². The summed E-state index contributed by atoms with van der Waals surface area (Å²) in [6.07, 6.45) is 2.20. The molecule has 0 saturated carbocycles. The Morgan fingerprint density at radius 2 is 1.83 bits per heavy atom. The van der Waals surface area contributed by atoms with Crippen LogP contribution in [0.1, 0.15) is 18.4 Å². The molecule has 1 fully saturated rings. The summed E-state index contributed by atoms with van der Waals surface area (Å²) in [6.45, 7) is 2.24. The fourth-order valence-electron chi connectivity index (χ4n) is 3.21. The van der Waals surface area contributed by atoms with Crippen LogP contribution in [0.5, 0.6) is 0 Å². The van der Waals surface area contributed by atoms with Gasteiger partial charge in [0.05, 0.1) is 11.3 Å². The van der Waals surface area contributed by atoms with Crippen molar-refractivity contribution in [1.29, 1.82) is 0 Å². The van der Waals surface area contributed by atoms with Crippen LogP contribution >= 0.6 is 24.2 Å². The van der Waals surface area contributed by atoms with Crippen molar-refractivity contribution >= 4 is 30.1 Å². The van der Waals surface area contributed by atoms with Crippen LogP contribution in [0.15, 0.2) is 57.9 Å². The number of amides is 1. The standard InChI is InChI=1S/C21H22N4O2S.ClH/c22-13-15-7-9-16(10-8-15)20-23-21(27-24-20)17-5-1-2-6-18(17)28-14-19(26)25-11-3-4-12-25;/h1-2,5-10H,3-4,11-14,22H2;1H. The quantitative estimate of drug-likeness (QED) is 0.595. The summed E-state index contributed by atoms with van der Waals surface area (Å²) in [5, 5.41) is 4.12. The third kappa shape index (κ3) is 4.98. The molecule has 6 nitrogen and oxygen atoms in total. The highest BCUT2D eigenvalue weighted by atomic mass is 35.5. The number of nitrogens with zero attached hydrogens (tertiary/aromatic N) is 3. The summed E-state index contributed by atoms with van der Waals surface area (Å²) in [6, 6.07) is 15.6. The zero-order chi connectivity index (χ0) is 19.3. The molecule has 8 heteroatoms. The first kappa shape index (κ1) is 21.4. The van der Waals surface area contributed by atoms with Gasteiger partial charge in [-0.25, -0.2) is 0 Å². The molecular formula is C21H23ClN4O2S. The van der Waals surface area contributed by atoms with Gasteiger partial charge >= 0.3 is 0 Å². The van der Waals surface area contributed by atoms with E-state index in [0.29, 0.717) is 24.0 Å². The number of likely N-dealkylation sites (tertiary alicyclic amines) is 1. The molecule has 4 rings (SSSR count). The maximum atomic E-state index is 12.4. The fourth-order valence-corrected chi connectivity index (χ4v) is 4.15. The van der Waals surface area contributed by atoms with Crippen molar-refractivity contribution < 1.29 is 9.32 Å². The third-order valence-electron chi connectivity index (χ3n) is 4.80. The molecule has 2 aromatic carbocycles. The largest absolute Gasteiger partial charge is 0.342 e. The van der Waals surface area contributed by atoms with E-state index < -0.39 is 0 Å². The summed E-state index contributed by atoms with van der Waals surface area (Å²) in [5.41, 5.74) is 8.42. The lowest BCUT2D eigenvalue weighted by molar-refractivity contribution is -0.127. The Hall–Kier alpha value is -2.35. The molecule has 29 heavy (non-hydrogen) atoms. The zero-order valence-corrected chi connectivity index (χ0v) is 17.5. The Morgan fingerprint density at radius 3 is 2.55 bits per heavy atom. The van der Waals surface area contributed by atoms with Crippen molar-refractivity contribution in [2.45, 2.75) is 24.3 Å². The molecule has 0 aliphatic carbocycles. The highest BCUT2D eigenvalue weighted by Gasteiger charge is 2.19. The highest BCUT2D eigenvalue weighted by Crippen LogP contribution is 2.32. The zero-order valence-electron chi connectivity index (χ0n) is 15.9. The van der Waals surface area contributed by atoms with E-state index in [1.54, 1.807) is 0 Å². The number of carbonyl (C=O) groups excluding carboxylic acids is 1. The Kier molecular flexibility index (Phi) is 7.30. The lowest BCUT2D eigenvalue weighted by Crippen LogP contribution is -2.29. The molecule has 0 spiro atoms. The molecular weight excluding hydrogens is 408 g/mol. The number of hydrogen-bond acceptors (Lipinski definition) is 6. The SMILES string of the molecule is Cl.NCc1ccc(-c2noc(-c3ccccc3SCC(=O)N3CCCC3)n2)cc1. The van der Waals surface area contributed by atoms with E-state index in [-0.39, 0.29) is 18.3 Å². The minimum absolute atomic E-state index is 0. The summed E-state index contributed by atoms with van der Waals surface area (Å²) in [7, 11) is 0. The number of halogens is 1. The molecule has 0 atom stereocenters. The maximum absolute atomic E-state index is 12.4. The van der Waals surface area contributed by atoms with Gasteiger partial charge in [0.15, 0.2) is 0 Å². The first-order valence-electron chi connectivity index (χ1n) is 9.37. The van der Waals surface area contributed by atoms with Crippen LogP contribution in [0.3, 0.4) is 0 Å². The summed E-state index contributed by atoms with van der Waals surface area (Å²) >= 11 is 1.51. The van der Waals surface area contributed by atoms with Crippen LogP contribution in [0.4, 0.5) is 0 Å². The number of benzene rings is 2. The van der Waals surface area contributed by atoms with Crippen molar-refractivity contribution in [3.05, 3.63) is 54.1 Å². The van der Waals surface area contributed by atoms with Gasteiger partial charge in [-0.3, -0.25) is 4.79 Å². The van der Waals surface area contributed by atoms with E-state index in [1.807, 2.05) is 53.4 Å². The number of hydrogen-bond donors (Lipinski definition) is 1. The van der Waals surface area contributed by atoms with Gasteiger partial charge in [-0.2, -0.15) is 4.98 Å². The average Bonchev–Trinajstić information content (AvgIpc) is 3.45. The predicted molar refractivity (Wildman–Crippen MR) is 117 cm³/mol. The van der Waals surface area contributed by atoms with E-state index in [2.05, 4.69) is 10.1 Å². The Bertz CT molecular complexity index is 955. The molecule has 1 saturated heterocycles. The maximum Gasteiger partial charge on any atom is 0.259 e. The van der Waals surface area contributed by atoms with Crippen molar-refractivity contribution in [3.63, 3.8) is 0 Å². The van der Waals surface area contributed by atoms with Crippen LogP contribution in [0.25, 0.3) is 22.8 Å². The van der Waals surface area contributed by atoms with Crippen LogP contribution in [0, 0.1) is 0 Å². The molecule has 0 unspecified atom stereocenters. The molecule has 152 valence electrons. The Morgan fingerprint density at radius 1 is 1.10 bits per heavy atom. The fraction of sp³-hybridized carbons (Fsp3) is 0.286. The van der Waals surface area contributed by atoms with Gasteiger partial charge in [0, 0.05) is 30.1 Å². The van der Waals surface area contributed by atoms with Gasteiger partial charge in [-0.05, 0) is 30.5 Å². The molecule has 2 heterocycles. The van der Waals surface area contributed by atoms with Crippen LogP contribution in [-0.4, -0.2) is 39.8 Å². The summed E-state index contributed by atoms with van der Waals surface area (Å²) in [5.74, 6) is 1.59. The topological polar surface area (TPSA) is 85.2 Å². The number of rotatable bonds is 6. The summed E-state index contributed by atoms with van der Waals surface area (Å²) < 4.78 is 5.51. The van der Waals surface area contributed by atoms with Crippen LogP contribution in [0.2, 0.25) is 0 Å². The average molecular weight is 431 g/mol. The molecule has 2 N–H and O–H groups in total. The third-order valence-corrected chi connectivity index (χ3v) is 5.86. The minimum atomic E-state index is 0. The monoisotopic (exact) mass is 430 g/mol. The van der Waals surface area contributed by atoms with Crippen LogP contribution in [-0.2, 0) is 11.3 Å². The lowest BCUT2D eigenvalue weighted by atomic mass is 10.1. The van der Waals surface area contributed by atoms with Crippen LogP contribution < -0.4 is 5.73 Å². The van der Waals surface area contributed by atoms with Crippen molar-refractivity contribution in [3.8, 4) is 22.8 Å². The first-order chi connectivity index (χ1) is 13.7. The molecule has 0 radical (unpaired) electrons. The van der Waals surface area contributed by atoms with Crippen molar-refractivity contribution in [2.75, 3.05) is 18.8 Å². The van der Waals surface area contributed by atoms with Gasteiger partial charge in [0.1, 0.15) is 0 Å². The van der Waals surface area contributed by atoms with Gasteiger partial charge < -0.3 is 15.2 Å². The number of thioether (sulfide) groups is 1. The van der Waals surface area contributed by atoms with E-state index in [9.17, 15) is 4.79 Å². The second kappa shape index (κ2) is 9.91. The van der Waals surface area contributed by atoms with E-state index in [1.165, 1.54) is 11.8 Å². The number of aromatic nitrogens is 2. The normalized spacial score (nSPS) is 13.3. The molecule has 1 amide bonds. The number of nitrogens with two attached hydrogens (primary N) is 1.